The van der Waals surface area contributed by atoms with Gasteiger partial charge >= 0.3 is 0 Å². The van der Waals surface area contributed by atoms with Gasteiger partial charge in [0.1, 0.15) is 5.60 Å². The van der Waals surface area contributed by atoms with Crippen molar-refractivity contribution in [1.29, 1.82) is 0 Å². The Morgan fingerprint density at radius 1 is 1.36 bits per heavy atom. The van der Waals surface area contributed by atoms with Crippen molar-refractivity contribution in [2.75, 3.05) is 26.2 Å². The number of ether oxygens (including phenoxy) is 1. The van der Waals surface area contributed by atoms with Crippen molar-refractivity contribution in [2.45, 2.75) is 44.2 Å². The standard InChI is InChI=1S/C11H22N2O/c1-2-3-4-5-10-11(8-12-9-11)14-7-6-13-10/h10,12-13H,2-9H2,1H3. The van der Waals surface area contributed by atoms with Crippen LogP contribution >= 0.6 is 0 Å². The maximum atomic E-state index is 5.92. The summed E-state index contributed by atoms with van der Waals surface area (Å²) in [5, 5.41) is 6.93. The summed E-state index contributed by atoms with van der Waals surface area (Å²) < 4.78 is 5.92. The van der Waals surface area contributed by atoms with Gasteiger partial charge in [-0.25, -0.2) is 0 Å². The Balaban J connectivity index is 1.81. The van der Waals surface area contributed by atoms with E-state index in [2.05, 4.69) is 17.6 Å². The molecule has 3 heteroatoms. The predicted molar refractivity (Wildman–Crippen MR) is 57.5 cm³/mol. The number of nitrogens with one attached hydrogen (secondary N) is 2. The first kappa shape index (κ1) is 10.4. The second-order valence-electron chi connectivity index (χ2n) is 4.52. The highest BCUT2D eigenvalue weighted by Crippen LogP contribution is 2.27. The minimum Gasteiger partial charge on any atom is -0.369 e. The smallest absolute Gasteiger partial charge is 0.108 e. The van der Waals surface area contributed by atoms with Gasteiger partial charge in [0.05, 0.1) is 6.61 Å². The second-order valence-corrected chi connectivity index (χ2v) is 4.52. The van der Waals surface area contributed by atoms with Crippen molar-refractivity contribution in [3.63, 3.8) is 0 Å². The Hall–Kier alpha value is -0.120. The van der Waals surface area contributed by atoms with Gasteiger partial charge in [-0.3, -0.25) is 0 Å². The molecule has 0 aromatic rings. The molecule has 0 aromatic carbocycles. The molecule has 0 bridgehead atoms. The average molecular weight is 198 g/mol. The SMILES string of the molecule is CCCCCC1NCCOC12CNC2. The van der Waals surface area contributed by atoms with E-state index in [4.69, 9.17) is 4.74 Å². The molecular weight excluding hydrogens is 176 g/mol. The summed E-state index contributed by atoms with van der Waals surface area (Å²) in [5.74, 6) is 0. The van der Waals surface area contributed by atoms with Gasteiger partial charge in [0.25, 0.3) is 0 Å². The molecule has 0 aromatic heterocycles. The average Bonchev–Trinajstić information content (AvgIpc) is 2.17. The molecule has 82 valence electrons. The molecule has 2 saturated heterocycles. The molecule has 2 aliphatic heterocycles. The maximum Gasteiger partial charge on any atom is 0.108 e. The van der Waals surface area contributed by atoms with Crippen LogP contribution in [0.3, 0.4) is 0 Å². The molecule has 2 rings (SSSR count). The zero-order chi connectivity index (χ0) is 9.86. The topological polar surface area (TPSA) is 33.3 Å². The second kappa shape index (κ2) is 4.60. The van der Waals surface area contributed by atoms with Gasteiger partial charge in [0.2, 0.25) is 0 Å². The third-order valence-corrected chi connectivity index (χ3v) is 3.46. The Morgan fingerprint density at radius 3 is 2.86 bits per heavy atom. The summed E-state index contributed by atoms with van der Waals surface area (Å²) in [5.41, 5.74) is 0.145. The first-order valence-electron chi connectivity index (χ1n) is 5.95. The largest absolute Gasteiger partial charge is 0.369 e. The van der Waals surface area contributed by atoms with Crippen molar-refractivity contribution in [1.82, 2.24) is 10.6 Å². The van der Waals surface area contributed by atoms with Crippen molar-refractivity contribution in [3.05, 3.63) is 0 Å². The van der Waals surface area contributed by atoms with E-state index in [-0.39, 0.29) is 5.60 Å². The molecule has 0 amide bonds. The third-order valence-electron chi connectivity index (χ3n) is 3.46. The number of morpholine rings is 1. The van der Waals surface area contributed by atoms with Crippen molar-refractivity contribution in [2.24, 2.45) is 0 Å². The molecule has 14 heavy (non-hydrogen) atoms. The van der Waals surface area contributed by atoms with Crippen LogP contribution in [-0.4, -0.2) is 37.9 Å². The molecule has 2 N–H and O–H groups in total. The lowest BCUT2D eigenvalue weighted by Gasteiger charge is -2.51. The van der Waals surface area contributed by atoms with E-state index in [0.717, 1.165) is 26.2 Å². The van der Waals surface area contributed by atoms with Gasteiger partial charge < -0.3 is 15.4 Å². The van der Waals surface area contributed by atoms with Gasteiger partial charge in [-0.05, 0) is 6.42 Å². The lowest BCUT2D eigenvalue weighted by molar-refractivity contribution is -0.128. The van der Waals surface area contributed by atoms with E-state index in [1.54, 1.807) is 0 Å². The molecule has 2 fully saturated rings. The van der Waals surface area contributed by atoms with Crippen LogP contribution in [0.4, 0.5) is 0 Å². The van der Waals surface area contributed by atoms with E-state index in [1.165, 1.54) is 25.7 Å². The fourth-order valence-electron chi connectivity index (χ4n) is 2.46. The Labute approximate surface area is 86.6 Å². The van der Waals surface area contributed by atoms with Crippen LogP contribution < -0.4 is 10.6 Å². The van der Waals surface area contributed by atoms with Crippen LogP contribution in [0.5, 0.6) is 0 Å². The van der Waals surface area contributed by atoms with Crippen molar-refractivity contribution in [3.8, 4) is 0 Å². The fourth-order valence-corrected chi connectivity index (χ4v) is 2.46. The number of rotatable bonds is 4. The summed E-state index contributed by atoms with van der Waals surface area (Å²) in [6, 6.07) is 0.587. The number of hydrogen-bond donors (Lipinski definition) is 2. The van der Waals surface area contributed by atoms with Gasteiger partial charge in [-0.15, -0.1) is 0 Å². The zero-order valence-electron chi connectivity index (χ0n) is 9.14. The number of unbranched alkanes of at least 4 members (excludes halogenated alkanes) is 2. The van der Waals surface area contributed by atoms with Crippen LogP contribution in [0.25, 0.3) is 0 Å². The van der Waals surface area contributed by atoms with E-state index < -0.39 is 0 Å². The Kier molecular flexibility index (Phi) is 3.42. The third kappa shape index (κ3) is 1.95. The van der Waals surface area contributed by atoms with Gasteiger partial charge in [-0.2, -0.15) is 0 Å². The summed E-state index contributed by atoms with van der Waals surface area (Å²) in [4.78, 5) is 0. The van der Waals surface area contributed by atoms with Crippen molar-refractivity contribution < 1.29 is 4.74 Å². The van der Waals surface area contributed by atoms with Crippen LogP contribution in [0, 0.1) is 0 Å². The highest BCUT2D eigenvalue weighted by Gasteiger charge is 2.46. The summed E-state index contributed by atoms with van der Waals surface area (Å²) in [7, 11) is 0. The van der Waals surface area contributed by atoms with Gasteiger partial charge in [0, 0.05) is 25.7 Å². The van der Waals surface area contributed by atoms with E-state index in [9.17, 15) is 0 Å². The maximum absolute atomic E-state index is 5.92. The van der Waals surface area contributed by atoms with Gasteiger partial charge in [0.15, 0.2) is 0 Å². The van der Waals surface area contributed by atoms with E-state index in [1.807, 2.05) is 0 Å². The van der Waals surface area contributed by atoms with Gasteiger partial charge in [-0.1, -0.05) is 26.2 Å². The van der Waals surface area contributed by atoms with E-state index >= 15 is 0 Å². The minimum atomic E-state index is 0.145. The summed E-state index contributed by atoms with van der Waals surface area (Å²) >= 11 is 0. The van der Waals surface area contributed by atoms with Crippen LogP contribution in [0.15, 0.2) is 0 Å². The zero-order valence-corrected chi connectivity index (χ0v) is 9.14. The lowest BCUT2D eigenvalue weighted by Crippen LogP contribution is -2.73. The minimum absolute atomic E-state index is 0.145. The first-order valence-corrected chi connectivity index (χ1v) is 5.95. The summed E-state index contributed by atoms with van der Waals surface area (Å²) in [6.07, 6.45) is 5.26. The predicted octanol–water partition coefficient (Wildman–Crippen LogP) is 0.897. The normalized spacial score (nSPS) is 30.2. The van der Waals surface area contributed by atoms with Crippen LogP contribution in [-0.2, 0) is 4.74 Å². The van der Waals surface area contributed by atoms with E-state index in [0.29, 0.717) is 6.04 Å². The first-order chi connectivity index (χ1) is 6.87. The highest BCUT2D eigenvalue weighted by molar-refractivity contribution is 5.05. The molecule has 1 spiro atoms. The molecule has 0 radical (unpaired) electrons. The quantitative estimate of drug-likeness (QED) is 0.658. The Morgan fingerprint density at radius 2 is 2.21 bits per heavy atom. The fraction of sp³-hybridized carbons (Fsp3) is 1.00. The molecule has 1 unspecified atom stereocenters. The monoisotopic (exact) mass is 198 g/mol. The Bertz CT molecular complexity index is 180. The van der Waals surface area contributed by atoms with Crippen LogP contribution in [0.1, 0.15) is 32.6 Å². The number of hydrogen-bond acceptors (Lipinski definition) is 3. The molecular formula is C11H22N2O. The highest BCUT2D eigenvalue weighted by atomic mass is 16.5. The van der Waals surface area contributed by atoms with Crippen LogP contribution in [0.2, 0.25) is 0 Å². The lowest BCUT2D eigenvalue weighted by atomic mass is 9.83. The molecule has 0 saturated carbocycles. The molecule has 2 heterocycles. The molecule has 3 nitrogen and oxygen atoms in total. The van der Waals surface area contributed by atoms with Crippen molar-refractivity contribution >= 4 is 0 Å². The molecule has 1 atom stereocenters. The molecule has 0 aliphatic carbocycles. The summed E-state index contributed by atoms with van der Waals surface area (Å²) in [6.45, 7) is 6.24. The molecule has 2 aliphatic rings.